The van der Waals surface area contributed by atoms with Crippen LogP contribution in [0.2, 0.25) is 0 Å². The van der Waals surface area contributed by atoms with E-state index in [0.717, 1.165) is 9.65 Å². The Hall–Kier alpha value is -0.430. The van der Waals surface area contributed by atoms with Crippen LogP contribution in [0.25, 0.3) is 6.08 Å². The first-order chi connectivity index (χ1) is 6.50. The molecule has 0 aliphatic rings. The maximum absolute atomic E-state index is 13.1. The van der Waals surface area contributed by atoms with E-state index in [0.29, 0.717) is 10.0 Å². The molecule has 14 heavy (non-hydrogen) atoms. The summed E-state index contributed by atoms with van der Waals surface area (Å²) in [5.41, 5.74) is 0.550. The van der Waals surface area contributed by atoms with Gasteiger partial charge in [-0.05, 0) is 62.3 Å². The van der Waals surface area contributed by atoms with Gasteiger partial charge in [0.25, 0.3) is 0 Å². The molecule has 0 heterocycles. The predicted octanol–water partition coefficient (Wildman–Crippen LogP) is 3.29. The molecule has 1 rings (SSSR count). The van der Waals surface area contributed by atoms with E-state index >= 15 is 0 Å². The summed E-state index contributed by atoms with van der Waals surface area (Å²) in [7, 11) is 0. The lowest BCUT2D eigenvalue weighted by Crippen LogP contribution is -1.89. The highest BCUT2D eigenvalue weighted by Gasteiger charge is 2.04. The molecular weight excluding hydrogens is 366 g/mol. The molecule has 0 aliphatic heterocycles. The highest BCUT2D eigenvalue weighted by molar-refractivity contribution is 14.1. The van der Waals surface area contributed by atoms with Crippen LogP contribution in [0.1, 0.15) is 5.56 Å². The Morgan fingerprint density at radius 1 is 1.57 bits per heavy atom. The Morgan fingerprint density at radius 3 is 2.79 bits per heavy atom. The van der Waals surface area contributed by atoms with Gasteiger partial charge in [-0.25, -0.2) is 9.18 Å². The maximum atomic E-state index is 13.1. The highest BCUT2D eigenvalue weighted by atomic mass is 127. The van der Waals surface area contributed by atoms with Gasteiger partial charge in [-0.2, -0.15) is 0 Å². The van der Waals surface area contributed by atoms with E-state index in [4.69, 9.17) is 5.11 Å². The van der Waals surface area contributed by atoms with Gasteiger partial charge in [0.1, 0.15) is 5.82 Å². The van der Waals surface area contributed by atoms with Crippen molar-refractivity contribution in [2.45, 2.75) is 0 Å². The van der Waals surface area contributed by atoms with Crippen molar-refractivity contribution in [2.75, 3.05) is 0 Å². The van der Waals surface area contributed by atoms with Gasteiger partial charge in [0.2, 0.25) is 0 Å². The molecular formula is C9H5BrFIO2. The molecule has 74 valence electrons. The fraction of sp³-hybridized carbons (Fsp3) is 0. The van der Waals surface area contributed by atoms with Gasteiger partial charge in [0.15, 0.2) is 0 Å². The topological polar surface area (TPSA) is 37.3 Å². The summed E-state index contributed by atoms with van der Waals surface area (Å²) in [6.07, 6.45) is 2.34. The van der Waals surface area contributed by atoms with Gasteiger partial charge >= 0.3 is 5.97 Å². The third-order valence-electron chi connectivity index (χ3n) is 1.45. The third kappa shape index (κ3) is 3.06. The monoisotopic (exact) mass is 370 g/mol. The molecule has 0 amide bonds. The van der Waals surface area contributed by atoms with Crippen LogP contribution < -0.4 is 0 Å². The number of benzene rings is 1. The largest absolute Gasteiger partial charge is 0.478 e. The van der Waals surface area contributed by atoms with Crippen molar-refractivity contribution in [2.24, 2.45) is 0 Å². The van der Waals surface area contributed by atoms with E-state index in [1.165, 1.54) is 12.1 Å². The Bertz CT molecular complexity index is 404. The number of rotatable bonds is 2. The van der Waals surface area contributed by atoms with Crippen molar-refractivity contribution < 1.29 is 14.3 Å². The standard InChI is InChI=1S/C9H5BrFIO2/c10-6-4-8(12)5(3-7(6)11)1-2-9(13)14/h1-4H,(H,13,14)/b2-1+. The lowest BCUT2D eigenvalue weighted by molar-refractivity contribution is -0.131. The predicted molar refractivity (Wildman–Crippen MR) is 63.5 cm³/mol. The molecule has 5 heteroatoms. The van der Waals surface area contributed by atoms with Gasteiger partial charge < -0.3 is 5.11 Å². The second-order valence-corrected chi connectivity index (χ2v) is 4.48. The SMILES string of the molecule is O=C(O)/C=C/c1cc(F)c(Br)cc1I. The number of hydrogen-bond donors (Lipinski definition) is 1. The molecule has 2 nitrogen and oxygen atoms in total. The number of carbonyl (C=O) groups is 1. The molecule has 0 saturated carbocycles. The van der Waals surface area contributed by atoms with Crippen LogP contribution in [0, 0.1) is 9.39 Å². The second kappa shape index (κ2) is 4.88. The third-order valence-corrected chi connectivity index (χ3v) is 2.99. The minimum Gasteiger partial charge on any atom is -0.478 e. The first-order valence-corrected chi connectivity index (χ1v) is 5.43. The number of aliphatic carboxylic acids is 1. The van der Waals surface area contributed by atoms with Crippen molar-refractivity contribution in [3.05, 3.63) is 37.6 Å². The van der Waals surface area contributed by atoms with Crippen molar-refractivity contribution in [3.8, 4) is 0 Å². The van der Waals surface area contributed by atoms with Gasteiger partial charge in [-0.3, -0.25) is 0 Å². The first kappa shape index (κ1) is 11.6. The summed E-state index contributed by atoms with van der Waals surface area (Å²) in [6.45, 7) is 0. The van der Waals surface area contributed by atoms with Crippen LogP contribution in [0.15, 0.2) is 22.7 Å². The van der Waals surface area contributed by atoms with E-state index in [9.17, 15) is 9.18 Å². The zero-order chi connectivity index (χ0) is 10.7. The number of halogens is 3. The summed E-state index contributed by atoms with van der Waals surface area (Å²) in [6, 6.07) is 2.88. The average molecular weight is 371 g/mol. The van der Waals surface area contributed by atoms with E-state index in [-0.39, 0.29) is 0 Å². The zero-order valence-electron chi connectivity index (χ0n) is 6.80. The van der Waals surface area contributed by atoms with E-state index in [1.807, 2.05) is 22.6 Å². The molecule has 0 atom stereocenters. The van der Waals surface area contributed by atoms with Crippen LogP contribution in [-0.2, 0) is 4.79 Å². The first-order valence-electron chi connectivity index (χ1n) is 3.56. The number of carboxylic acids is 1. The number of carboxylic acid groups (broad SMARTS) is 1. The van der Waals surface area contributed by atoms with Crippen LogP contribution in [-0.4, -0.2) is 11.1 Å². The minimum atomic E-state index is -1.05. The molecule has 1 aromatic carbocycles. The van der Waals surface area contributed by atoms with Crippen LogP contribution in [0.3, 0.4) is 0 Å². The fourth-order valence-corrected chi connectivity index (χ4v) is 2.24. The van der Waals surface area contributed by atoms with E-state index in [1.54, 1.807) is 6.07 Å². The van der Waals surface area contributed by atoms with Crippen LogP contribution in [0.4, 0.5) is 4.39 Å². The van der Waals surface area contributed by atoms with E-state index in [2.05, 4.69) is 15.9 Å². The molecule has 0 unspecified atom stereocenters. The lowest BCUT2D eigenvalue weighted by Gasteiger charge is -2.00. The summed E-state index contributed by atoms with van der Waals surface area (Å²) in [5.74, 6) is -1.46. The minimum absolute atomic E-state index is 0.370. The lowest BCUT2D eigenvalue weighted by atomic mass is 10.2. The summed E-state index contributed by atoms with van der Waals surface area (Å²) in [4.78, 5) is 10.2. The maximum Gasteiger partial charge on any atom is 0.328 e. The summed E-state index contributed by atoms with van der Waals surface area (Å²) in [5, 5.41) is 8.40. The molecule has 1 N–H and O–H groups in total. The molecule has 1 aromatic rings. The molecule has 0 saturated heterocycles. The molecule has 0 radical (unpaired) electrons. The van der Waals surface area contributed by atoms with Crippen molar-refractivity contribution in [3.63, 3.8) is 0 Å². The van der Waals surface area contributed by atoms with Gasteiger partial charge in [-0.1, -0.05) is 0 Å². The quantitative estimate of drug-likeness (QED) is 0.492. The summed E-state index contributed by atoms with van der Waals surface area (Å²) < 4.78 is 14.2. The number of hydrogen-bond acceptors (Lipinski definition) is 1. The van der Waals surface area contributed by atoms with Crippen LogP contribution in [0.5, 0.6) is 0 Å². The Labute approximate surface area is 102 Å². The smallest absolute Gasteiger partial charge is 0.328 e. The van der Waals surface area contributed by atoms with Gasteiger partial charge in [0, 0.05) is 9.65 Å². The second-order valence-electron chi connectivity index (χ2n) is 2.46. The Morgan fingerprint density at radius 2 is 2.21 bits per heavy atom. The Balaban J connectivity index is 3.10. The van der Waals surface area contributed by atoms with E-state index < -0.39 is 11.8 Å². The molecule has 0 aromatic heterocycles. The molecule has 0 fully saturated rings. The van der Waals surface area contributed by atoms with Gasteiger partial charge in [0.05, 0.1) is 4.47 Å². The average Bonchev–Trinajstić information content (AvgIpc) is 2.09. The Kier molecular flexibility index (Phi) is 4.06. The zero-order valence-corrected chi connectivity index (χ0v) is 10.5. The fourth-order valence-electron chi connectivity index (χ4n) is 0.827. The van der Waals surface area contributed by atoms with Crippen LogP contribution >= 0.6 is 38.5 Å². The highest BCUT2D eigenvalue weighted by Crippen LogP contribution is 2.23. The van der Waals surface area contributed by atoms with Crippen molar-refractivity contribution in [1.82, 2.24) is 0 Å². The molecule has 0 aliphatic carbocycles. The van der Waals surface area contributed by atoms with Crippen molar-refractivity contribution in [1.29, 1.82) is 0 Å². The molecule has 0 spiro atoms. The summed E-state index contributed by atoms with van der Waals surface area (Å²) >= 11 is 5.05. The van der Waals surface area contributed by atoms with Gasteiger partial charge in [-0.15, -0.1) is 0 Å². The van der Waals surface area contributed by atoms with Crippen molar-refractivity contribution >= 4 is 50.6 Å². The molecule has 0 bridgehead atoms. The normalized spacial score (nSPS) is 10.8.